The molecule has 2 atom stereocenters. The normalized spacial score (nSPS) is 19.5. The lowest BCUT2D eigenvalue weighted by Crippen LogP contribution is -2.55. The van der Waals surface area contributed by atoms with Crippen LogP contribution in [0.4, 0.5) is 34.5 Å². The topological polar surface area (TPSA) is 103 Å². The van der Waals surface area contributed by atoms with Gasteiger partial charge in [-0.05, 0) is 73.4 Å². The molecule has 1 fully saturated rings. The highest BCUT2D eigenvalue weighted by molar-refractivity contribution is 9.10. The Kier molecular flexibility index (Phi) is 7.86. The molecule has 0 bridgehead atoms. The van der Waals surface area contributed by atoms with Crippen LogP contribution in [-0.2, 0) is 16.4 Å². The van der Waals surface area contributed by atoms with Gasteiger partial charge in [-0.2, -0.15) is 4.98 Å². The summed E-state index contributed by atoms with van der Waals surface area (Å²) in [6.07, 6.45) is 3.56. The number of piperazine rings is 1. The minimum absolute atomic E-state index is 0.380. The van der Waals surface area contributed by atoms with Crippen LogP contribution in [0.5, 0.6) is 5.75 Å². The molecule has 2 aromatic carbocycles. The van der Waals surface area contributed by atoms with Crippen molar-refractivity contribution in [3.63, 3.8) is 0 Å². The monoisotopic (exact) mass is 629 g/mol. The first-order valence-corrected chi connectivity index (χ1v) is 15.9. The number of ether oxygens (including phenoxy) is 1. The largest absolute Gasteiger partial charge is 0.494 e. The molecular formula is C28H36BrN7O3S. The van der Waals surface area contributed by atoms with Gasteiger partial charge in [0, 0.05) is 49.7 Å². The second-order valence-electron chi connectivity index (χ2n) is 10.6. The Morgan fingerprint density at radius 1 is 1.10 bits per heavy atom. The molecule has 10 nitrogen and oxygen atoms in total. The van der Waals surface area contributed by atoms with E-state index >= 15 is 0 Å². The van der Waals surface area contributed by atoms with E-state index in [9.17, 15) is 8.42 Å². The molecule has 5 rings (SSSR count). The Bertz CT molecular complexity index is 1520. The summed E-state index contributed by atoms with van der Waals surface area (Å²) in [5.41, 5.74) is 5.34. The van der Waals surface area contributed by atoms with Gasteiger partial charge in [0.05, 0.1) is 34.9 Å². The maximum Gasteiger partial charge on any atom is 0.232 e. The van der Waals surface area contributed by atoms with Crippen LogP contribution in [0.25, 0.3) is 0 Å². The molecule has 1 saturated heterocycles. The summed E-state index contributed by atoms with van der Waals surface area (Å²) < 4.78 is 32.7. The average Bonchev–Trinajstić information content (AvgIpc) is 3.35. The zero-order valence-corrected chi connectivity index (χ0v) is 26.1. The first-order chi connectivity index (χ1) is 19.0. The number of anilines is 6. The van der Waals surface area contributed by atoms with Crippen LogP contribution in [-0.4, -0.2) is 75.4 Å². The number of sulfonamides is 1. The van der Waals surface area contributed by atoms with Gasteiger partial charge in [-0.3, -0.25) is 9.21 Å². The van der Waals surface area contributed by atoms with Crippen molar-refractivity contribution in [2.45, 2.75) is 39.3 Å². The SMILES string of the molecule is COc1cc(N2C[C@@H](C)N(C)[C@@H](C)C2)c(C)cc1Nc1ncc(Br)c(Nc2cccc3c2N(S(C)(=O)=O)CC3)n1. The summed E-state index contributed by atoms with van der Waals surface area (Å²) in [7, 11) is 0.437. The highest BCUT2D eigenvalue weighted by atomic mass is 79.9. The summed E-state index contributed by atoms with van der Waals surface area (Å²) in [5.74, 6) is 1.59. The molecule has 3 aromatic rings. The molecule has 0 radical (unpaired) electrons. The number of aryl methyl sites for hydroxylation is 1. The highest BCUT2D eigenvalue weighted by Gasteiger charge is 2.30. The summed E-state index contributed by atoms with van der Waals surface area (Å²) in [5, 5.41) is 6.64. The van der Waals surface area contributed by atoms with Crippen LogP contribution >= 0.6 is 15.9 Å². The first kappa shape index (κ1) is 28.4. The molecular weight excluding hydrogens is 594 g/mol. The number of fused-ring (bicyclic) bond motifs is 1. The molecule has 3 heterocycles. The molecule has 214 valence electrons. The molecule has 0 amide bonds. The lowest BCUT2D eigenvalue weighted by molar-refractivity contribution is 0.170. The van der Waals surface area contributed by atoms with E-state index in [2.05, 4.69) is 81.3 Å². The van der Waals surface area contributed by atoms with Crippen LogP contribution in [0.3, 0.4) is 0 Å². The molecule has 1 aromatic heterocycles. The van der Waals surface area contributed by atoms with Crippen molar-refractivity contribution in [1.82, 2.24) is 14.9 Å². The number of aromatic nitrogens is 2. The van der Waals surface area contributed by atoms with E-state index in [1.54, 1.807) is 13.3 Å². The predicted octanol–water partition coefficient (Wildman–Crippen LogP) is 4.89. The van der Waals surface area contributed by atoms with E-state index in [0.717, 1.165) is 35.6 Å². The van der Waals surface area contributed by atoms with Crippen molar-refractivity contribution in [2.75, 3.05) is 59.9 Å². The van der Waals surface area contributed by atoms with E-state index in [0.29, 0.717) is 58.4 Å². The zero-order valence-electron chi connectivity index (χ0n) is 23.7. The fourth-order valence-electron chi connectivity index (χ4n) is 5.50. The molecule has 2 N–H and O–H groups in total. The van der Waals surface area contributed by atoms with Gasteiger partial charge in [-0.25, -0.2) is 13.4 Å². The van der Waals surface area contributed by atoms with Gasteiger partial charge >= 0.3 is 0 Å². The standard InChI is InChI=1S/C28H36BrN7O3S/c1-17-12-23(25(39-5)13-24(17)35-15-18(2)34(4)19(3)16-35)32-28-30-14-21(29)27(33-28)31-22-9-7-8-20-10-11-36(26(20)22)40(6,37)38/h7-9,12-14,18-19H,10-11,15-16H2,1-6H3,(H2,30,31,32,33)/t18-,19+. The quantitative estimate of drug-likeness (QED) is 0.378. The smallest absolute Gasteiger partial charge is 0.232 e. The van der Waals surface area contributed by atoms with E-state index in [1.165, 1.54) is 10.6 Å². The second-order valence-corrected chi connectivity index (χ2v) is 13.4. The third-order valence-electron chi connectivity index (χ3n) is 7.82. The third-order valence-corrected chi connectivity index (χ3v) is 9.56. The maximum atomic E-state index is 12.4. The molecule has 0 aliphatic carbocycles. The number of nitrogens with zero attached hydrogens (tertiary/aromatic N) is 5. The summed E-state index contributed by atoms with van der Waals surface area (Å²) in [6, 6.07) is 10.8. The van der Waals surface area contributed by atoms with Gasteiger partial charge in [0.1, 0.15) is 11.6 Å². The Labute approximate surface area is 244 Å². The van der Waals surface area contributed by atoms with E-state index in [1.807, 2.05) is 18.2 Å². The van der Waals surface area contributed by atoms with Crippen molar-refractivity contribution in [2.24, 2.45) is 0 Å². The fraction of sp³-hybridized carbons (Fsp3) is 0.429. The fourth-order valence-corrected chi connectivity index (χ4v) is 6.76. The number of para-hydroxylation sites is 1. The van der Waals surface area contributed by atoms with Crippen molar-refractivity contribution in [3.8, 4) is 5.75 Å². The van der Waals surface area contributed by atoms with Crippen LogP contribution in [0, 0.1) is 6.92 Å². The number of nitrogens with one attached hydrogen (secondary N) is 2. The number of hydrogen-bond donors (Lipinski definition) is 2. The molecule has 12 heteroatoms. The Hall–Kier alpha value is -3.09. The van der Waals surface area contributed by atoms with Crippen molar-refractivity contribution >= 4 is 60.5 Å². The van der Waals surface area contributed by atoms with Crippen LogP contribution in [0.1, 0.15) is 25.0 Å². The molecule has 0 saturated carbocycles. The molecule has 40 heavy (non-hydrogen) atoms. The highest BCUT2D eigenvalue weighted by Crippen LogP contribution is 2.40. The minimum atomic E-state index is -3.41. The third kappa shape index (κ3) is 5.57. The van der Waals surface area contributed by atoms with Crippen LogP contribution in [0.2, 0.25) is 0 Å². The van der Waals surface area contributed by atoms with Crippen LogP contribution in [0.15, 0.2) is 41.0 Å². The van der Waals surface area contributed by atoms with E-state index in [-0.39, 0.29) is 0 Å². The number of likely N-dealkylation sites (N-methyl/N-ethyl adjacent to an activating group) is 1. The van der Waals surface area contributed by atoms with Gasteiger partial charge < -0.3 is 20.3 Å². The maximum absolute atomic E-state index is 12.4. The number of halogens is 1. The average molecular weight is 631 g/mol. The molecule has 2 aliphatic heterocycles. The first-order valence-electron chi connectivity index (χ1n) is 13.3. The van der Waals surface area contributed by atoms with Gasteiger partial charge in [0.25, 0.3) is 0 Å². The Morgan fingerprint density at radius 2 is 1.82 bits per heavy atom. The predicted molar refractivity (Wildman–Crippen MR) is 165 cm³/mol. The van der Waals surface area contributed by atoms with Crippen molar-refractivity contribution in [1.29, 1.82) is 0 Å². The van der Waals surface area contributed by atoms with Crippen molar-refractivity contribution < 1.29 is 13.2 Å². The van der Waals surface area contributed by atoms with Gasteiger partial charge in [0.15, 0.2) is 0 Å². The minimum Gasteiger partial charge on any atom is -0.494 e. The number of rotatable bonds is 7. The lowest BCUT2D eigenvalue weighted by atomic mass is 10.1. The van der Waals surface area contributed by atoms with E-state index < -0.39 is 10.0 Å². The summed E-state index contributed by atoms with van der Waals surface area (Å²) in [6.45, 7) is 8.93. The van der Waals surface area contributed by atoms with Gasteiger partial charge in [0.2, 0.25) is 16.0 Å². The summed E-state index contributed by atoms with van der Waals surface area (Å²) in [4.78, 5) is 14.0. The number of hydrogen-bond acceptors (Lipinski definition) is 9. The molecule has 2 aliphatic rings. The van der Waals surface area contributed by atoms with E-state index in [4.69, 9.17) is 9.72 Å². The van der Waals surface area contributed by atoms with Crippen molar-refractivity contribution in [3.05, 3.63) is 52.1 Å². The second kappa shape index (κ2) is 11.1. The van der Waals surface area contributed by atoms with Gasteiger partial charge in [-0.15, -0.1) is 0 Å². The molecule has 0 spiro atoms. The number of methoxy groups -OCH3 is 1. The summed E-state index contributed by atoms with van der Waals surface area (Å²) >= 11 is 3.54. The number of benzene rings is 2. The lowest BCUT2D eigenvalue weighted by Gasteiger charge is -2.44. The van der Waals surface area contributed by atoms with Crippen LogP contribution < -0.4 is 24.6 Å². The van der Waals surface area contributed by atoms with Gasteiger partial charge in [-0.1, -0.05) is 12.1 Å². The molecule has 0 unspecified atom stereocenters. The Balaban J connectivity index is 1.42. The Morgan fingerprint density at radius 3 is 2.50 bits per heavy atom. The zero-order chi connectivity index (χ0) is 28.8.